The van der Waals surface area contributed by atoms with Crippen LogP contribution in [0, 0.1) is 11.7 Å². The lowest BCUT2D eigenvalue weighted by Crippen LogP contribution is -2.36. The zero-order valence-corrected chi connectivity index (χ0v) is 14.0. The first-order chi connectivity index (χ1) is 11.0. The van der Waals surface area contributed by atoms with Gasteiger partial charge in [0.05, 0.1) is 11.7 Å². The average molecular weight is 388 g/mol. The zero-order valence-electron chi connectivity index (χ0n) is 12.4. The van der Waals surface area contributed by atoms with Crippen molar-refractivity contribution in [3.63, 3.8) is 0 Å². The molecule has 1 fully saturated rings. The molecule has 0 aliphatic carbocycles. The number of amides is 2. The van der Waals surface area contributed by atoms with Gasteiger partial charge in [-0.15, -0.1) is 0 Å². The summed E-state index contributed by atoms with van der Waals surface area (Å²) in [5, 5.41) is 18.0. The Kier molecular flexibility index (Phi) is 6.49. The maximum absolute atomic E-state index is 13.1. The Morgan fingerprint density at radius 2 is 2.13 bits per heavy atom. The first kappa shape index (κ1) is 17.8. The molecule has 2 rings (SSSR count). The monoisotopic (exact) mass is 387 g/mol. The van der Waals surface area contributed by atoms with Crippen LogP contribution in [0.3, 0.4) is 0 Å². The summed E-state index contributed by atoms with van der Waals surface area (Å²) in [6.45, 7) is 1.76. The fourth-order valence-electron chi connectivity index (χ4n) is 2.32. The van der Waals surface area contributed by atoms with Gasteiger partial charge in [0, 0.05) is 43.0 Å². The molecular formula is C15H19BrFN3O3. The van der Waals surface area contributed by atoms with Crippen molar-refractivity contribution in [2.75, 3.05) is 26.2 Å². The van der Waals surface area contributed by atoms with Gasteiger partial charge in [-0.3, -0.25) is 9.59 Å². The molecule has 2 unspecified atom stereocenters. The lowest BCUT2D eigenvalue weighted by molar-refractivity contribution is -0.121. The molecule has 2 amide bonds. The van der Waals surface area contributed by atoms with E-state index in [9.17, 15) is 19.1 Å². The molecule has 1 aromatic rings. The van der Waals surface area contributed by atoms with E-state index in [0.717, 1.165) is 6.07 Å². The van der Waals surface area contributed by atoms with Gasteiger partial charge in [0.1, 0.15) is 5.82 Å². The van der Waals surface area contributed by atoms with E-state index in [0.29, 0.717) is 24.1 Å². The first-order valence-corrected chi connectivity index (χ1v) is 8.15. The highest BCUT2D eigenvalue weighted by molar-refractivity contribution is 9.10. The number of benzene rings is 1. The largest absolute Gasteiger partial charge is 0.391 e. The molecular weight excluding hydrogens is 369 g/mol. The molecule has 1 heterocycles. The number of hydrogen-bond donors (Lipinski definition) is 4. The molecule has 0 bridgehead atoms. The molecule has 1 aliphatic heterocycles. The van der Waals surface area contributed by atoms with Crippen LogP contribution in [0.2, 0.25) is 0 Å². The summed E-state index contributed by atoms with van der Waals surface area (Å²) < 4.78 is 13.6. The fraction of sp³-hybridized carbons (Fsp3) is 0.467. The van der Waals surface area contributed by atoms with Crippen LogP contribution in [0.25, 0.3) is 0 Å². The van der Waals surface area contributed by atoms with Crippen LogP contribution >= 0.6 is 15.9 Å². The molecule has 0 saturated carbocycles. The molecule has 0 radical (unpaired) electrons. The van der Waals surface area contributed by atoms with Gasteiger partial charge in [0.25, 0.3) is 5.91 Å². The number of nitrogens with one attached hydrogen (secondary N) is 3. The highest BCUT2D eigenvalue weighted by atomic mass is 79.9. The Bertz CT molecular complexity index is 585. The predicted molar refractivity (Wildman–Crippen MR) is 86.4 cm³/mol. The second-order valence-corrected chi connectivity index (χ2v) is 6.27. The maximum Gasteiger partial charge on any atom is 0.252 e. The van der Waals surface area contributed by atoms with Crippen LogP contribution in [0.4, 0.5) is 4.39 Å². The van der Waals surface area contributed by atoms with Crippen molar-refractivity contribution in [1.29, 1.82) is 0 Å². The fourth-order valence-corrected chi connectivity index (χ4v) is 2.74. The van der Waals surface area contributed by atoms with Crippen LogP contribution in [-0.4, -0.2) is 49.2 Å². The number of aliphatic hydroxyl groups excluding tert-OH is 1. The molecule has 8 heteroatoms. The Hall–Kier alpha value is -1.51. The van der Waals surface area contributed by atoms with Gasteiger partial charge in [0.15, 0.2) is 0 Å². The van der Waals surface area contributed by atoms with E-state index in [2.05, 4.69) is 31.9 Å². The van der Waals surface area contributed by atoms with Gasteiger partial charge in [-0.05, 0) is 34.1 Å². The van der Waals surface area contributed by atoms with Crippen molar-refractivity contribution in [2.45, 2.75) is 12.5 Å². The number of β-amino-alcohol motifs (C(OH)–C–C–N with tert-alkyl or cyclic N) is 1. The smallest absolute Gasteiger partial charge is 0.252 e. The standard InChI is InChI=1S/C15H19BrFN3O3/c16-12-2-1-10(17)5-11(12)15(23)19-4-3-14(22)20-7-9-6-18-8-13(9)21/h1-2,5,9,13,18,21H,3-4,6-8H2,(H,19,23)(H,20,22). The summed E-state index contributed by atoms with van der Waals surface area (Å²) in [7, 11) is 0. The summed E-state index contributed by atoms with van der Waals surface area (Å²) in [5.74, 6) is -1.14. The minimum Gasteiger partial charge on any atom is -0.391 e. The molecule has 1 aliphatic rings. The molecule has 0 aromatic heterocycles. The van der Waals surface area contributed by atoms with Crippen molar-refractivity contribution < 1.29 is 19.1 Å². The quantitative estimate of drug-likeness (QED) is 0.568. The second kappa shape index (κ2) is 8.37. The highest BCUT2D eigenvalue weighted by Crippen LogP contribution is 2.17. The van der Waals surface area contributed by atoms with Crippen LogP contribution in [0.5, 0.6) is 0 Å². The van der Waals surface area contributed by atoms with E-state index < -0.39 is 17.8 Å². The summed E-state index contributed by atoms with van der Waals surface area (Å²) in [5.41, 5.74) is 0.186. The summed E-state index contributed by atoms with van der Waals surface area (Å²) in [6.07, 6.45) is -0.324. The van der Waals surface area contributed by atoms with Gasteiger partial charge >= 0.3 is 0 Å². The molecule has 1 aromatic carbocycles. The third-order valence-corrected chi connectivity index (χ3v) is 4.37. The summed E-state index contributed by atoms with van der Waals surface area (Å²) in [6, 6.07) is 3.84. The summed E-state index contributed by atoms with van der Waals surface area (Å²) in [4.78, 5) is 23.6. The van der Waals surface area contributed by atoms with Crippen molar-refractivity contribution in [3.05, 3.63) is 34.1 Å². The van der Waals surface area contributed by atoms with Crippen LogP contribution in [0.1, 0.15) is 16.8 Å². The number of hydrogen-bond acceptors (Lipinski definition) is 4. The van der Waals surface area contributed by atoms with E-state index in [4.69, 9.17) is 0 Å². The Morgan fingerprint density at radius 3 is 2.83 bits per heavy atom. The van der Waals surface area contributed by atoms with Gasteiger partial charge in [-0.1, -0.05) is 0 Å². The highest BCUT2D eigenvalue weighted by Gasteiger charge is 2.24. The molecule has 4 N–H and O–H groups in total. The van der Waals surface area contributed by atoms with Gasteiger partial charge in [-0.25, -0.2) is 4.39 Å². The Morgan fingerprint density at radius 1 is 1.35 bits per heavy atom. The van der Waals surface area contributed by atoms with E-state index >= 15 is 0 Å². The van der Waals surface area contributed by atoms with Crippen LogP contribution in [-0.2, 0) is 4.79 Å². The molecule has 6 nitrogen and oxygen atoms in total. The maximum atomic E-state index is 13.1. The molecule has 1 saturated heterocycles. The minimum absolute atomic E-state index is 0.0109. The van der Waals surface area contributed by atoms with Crippen LogP contribution in [0.15, 0.2) is 22.7 Å². The van der Waals surface area contributed by atoms with Crippen molar-refractivity contribution in [3.8, 4) is 0 Å². The number of carbonyl (C=O) groups excluding carboxylic acids is 2. The van der Waals surface area contributed by atoms with E-state index in [1.807, 2.05) is 0 Å². The lowest BCUT2D eigenvalue weighted by atomic mass is 10.1. The molecule has 126 valence electrons. The number of aliphatic hydroxyl groups is 1. The van der Waals surface area contributed by atoms with Crippen molar-refractivity contribution in [1.82, 2.24) is 16.0 Å². The number of rotatable bonds is 6. The summed E-state index contributed by atoms with van der Waals surface area (Å²) >= 11 is 3.18. The zero-order chi connectivity index (χ0) is 16.8. The van der Waals surface area contributed by atoms with E-state index in [-0.39, 0.29) is 30.4 Å². The van der Waals surface area contributed by atoms with Gasteiger partial charge in [0.2, 0.25) is 5.91 Å². The van der Waals surface area contributed by atoms with Gasteiger partial charge in [-0.2, -0.15) is 0 Å². The molecule has 2 atom stereocenters. The SMILES string of the molecule is O=C(CCNC(=O)c1cc(F)ccc1Br)NCC1CNCC1O. The Labute approximate surface area is 142 Å². The van der Waals surface area contributed by atoms with E-state index in [1.54, 1.807) is 0 Å². The minimum atomic E-state index is -0.500. The third-order valence-electron chi connectivity index (χ3n) is 3.68. The Balaban J connectivity index is 1.70. The average Bonchev–Trinajstić information content (AvgIpc) is 2.92. The predicted octanol–water partition coefficient (Wildman–Crippen LogP) is 0.405. The lowest BCUT2D eigenvalue weighted by Gasteiger charge is -2.14. The first-order valence-electron chi connectivity index (χ1n) is 7.36. The topological polar surface area (TPSA) is 90.5 Å². The number of halogens is 2. The van der Waals surface area contributed by atoms with Crippen LogP contribution < -0.4 is 16.0 Å². The van der Waals surface area contributed by atoms with Crippen molar-refractivity contribution in [2.24, 2.45) is 5.92 Å². The normalized spacial score (nSPS) is 20.3. The van der Waals surface area contributed by atoms with E-state index in [1.165, 1.54) is 12.1 Å². The number of carbonyl (C=O) groups is 2. The second-order valence-electron chi connectivity index (χ2n) is 5.42. The third kappa shape index (κ3) is 5.26. The van der Waals surface area contributed by atoms with Gasteiger partial charge < -0.3 is 21.1 Å². The van der Waals surface area contributed by atoms with Crippen molar-refractivity contribution >= 4 is 27.7 Å². The molecule has 23 heavy (non-hydrogen) atoms. The molecule has 0 spiro atoms.